The first kappa shape index (κ1) is 10.0. The summed E-state index contributed by atoms with van der Waals surface area (Å²) in [5.41, 5.74) is 5.04. The maximum atomic E-state index is 11.3. The Kier molecular flexibility index (Phi) is 3.30. The van der Waals surface area contributed by atoms with Crippen molar-refractivity contribution in [3.8, 4) is 6.07 Å². The van der Waals surface area contributed by atoms with E-state index in [4.69, 9.17) is 11.0 Å². The highest BCUT2D eigenvalue weighted by molar-refractivity contribution is 5.80. The van der Waals surface area contributed by atoms with Crippen LogP contribution < -0.4 is 5.73 Å². The van der Waals surface area contributed by atoms with Crippen molar-refractivity contribution in [3.63, 3.8) is 0 Å². The molecule has 3 heteroatoms. The van der Waals surface area contributed by atoms with Gasteiger partial charge in [0.05, 0.1) is 6.07 Å². The zero-order valence-electron chi connectivity index (χ0n) is 7.88. The van der Waals surface area contributed by atoms with Gasteiger partial charge in [-0.2, -0.15) is 5.26 Å². The number of rotatable bonds is 3. The molecule has 0 bridgehead atoms. The Labute approximate surface area is 78.9 Å². The van der Waals surface area contributed by atoms with Gasteiger partial charge in [-0.05, 0) is 19.3 Å². The van der Waals surface area contributed by atoms with Gasteiger partial charge in [-0.1, -0.05) is 19.3 Å². The van der Waals surface area contributed by atoms with E-state index in [0.29, 0.717) is 12.8 Å². The van der Waals surface area contributed by atoms with E-state index < -0.39 is 0 Å². The van der Waals surface area contributed by atoms with E-state index in [1.807, 2.05) is 0 Å². The molecule has 1 rings (SSSR count). The average Bonchev–Trinajstić information content (AvgIpc) is 2.16. The summed E-state index contributed by atoms with van der Waals surface area (Å²) in [6.07, 6.45) is 6.21. The highest BCUT2D eigenvalue weighted by Gasteiger charge is 2.36. The summed E-state index contributed by atoms with van der Waals surface area (Å²) in [6, 6.07) is 2.09. The average molecular weight is 180 g/mol. The summed E-state index contributed by atoms with van der Waals surface area (Å²) in [5, 5.41) is 8.49. The molecule has 0 spiro atoms. The minimum absolute atomic E-state index is 0.206. The molecular formula is C10H16N2O. The van der Waals surface area contributed by atoms with Crippen LogP contribution in [0.4, 0.5) is 0 Å². The lowest BCUT2D eigenvalue weighted by atomic mass is 9.71. The summed E-state index contributed by atoms with van der Waals surface area (Å²) in [7, 11) is 0. The third kappa shape index (κ3) is 2.21. The van der Waals surface area contributed by atoms with Gasteiger partial charge in [0.1, 0.15) is 0 Å². The summed E-state index contributed by atoms with van der Waals surface area (Å²) in [5.74, 6) is -0.206. The van der Waals surface area contributed by atoms with Gasteiger partial charge in [0, 0.05) is 11.8 Å². The lowest BCUT2D eigenvalue weighted by Crippen LogP contribution is -2.38. The molecule has 0 aromatic heterocycles. The first-order chi connectivity index (χ1) is 6.21. The van der Waals surface area contributed by atoms with E-state index >= 15 is 0 Å². The molecule has 1 fully saturated rings. The van der Waals surface area contributed by atoms with Crippen molar-refractivity contribution in [2.75, 3.05) is 0 Å². The zero-order valence-corrected chi connectivity index (χ0v) is 7.88. The second-order valence-electron chi connectivity index (χ2n) is 3.86. The number of nitrogens with zero attached hydrogens (tertiary/aromatic N) is 1. The predicted octanol–water partition coefficient (Wildman–Crippen LogP) is 1.73. The Bertz CT molecular complexity index is 224. The van der Waals surface area contributed by atoms with Gasteiger partial charge >= 0.3 is 0 Å². The Morgan fingerprint density at radius 3 is 2.46 bits per heavy atom. The first-order valence-electron chi connectivity index (χ1n) is 4.88. The third-order valence-electron chi connectivity index (χ3n) is 3.05. The predicted molar refractivity (Wildman–Crippen MR) is 49.6 cm³/mol. The van der Waals surface area contributed by atoms with Crippen LogP contribution in [0.3, 0.4) is 0 Å². The minimum Gasteiger partial charge on any atom is -0.369 e. The molecule has 0 aromatic rings. The molecule has 0 saturated heterocycles. The van der Waals surface area contributed by atoms with Gasteiger partial charge in [-0.15, -0.1) is 0 Å². The molecule has 2 N–H and O–H groups in total. The van der Waals surface area contributed by atoms with Crippen molar-refractivity contribution in [1.29, 1.82) is 5.26 Å². The van der Waals surface area contributed by atoms with Crippen LogP contribution in [0, 0.1) is 16.7 Å². The Morgan fingerprint density at radius 1 is 1.38 bits per heavy atom. The molecular weight excluding hydrogens is 164 g/mol. The lowest BCUT2D eigenvalue weighted by Gasteiger charge is -2.33. The molecule has 1 saturated carbocycles. The fourth-order valence-corrected chi connectivity index (χ4v) is 2.14. The SMILES string of the molecule is N#CCCC1(C(N)=O)CCCCC1. The number of primary amides is 1. The number of nitrogens with two attached hydrogens (primary N) is 1. The van der Waals surface area contributed by atoms with E-state index in [-0.39, 0.29) is 11.3 Å². The highest BCUT2D eigenvalue weighted by Crippen LogP contribution is 2.39. The van der Waals surface area contributed by atoms with Crippen molar-refractivity contribution in [1.82, 2.24) is 0 Å². The van der Waals surface area contributed by atoms with Crippen LogP contribution >= 0.6 is 0 Å². The van der Waals surface area contributed by atoms with Crippen LogP contribution in [0.25, 0.3) is 0 Å². The molecule has 0 aromatic carbocycles. The van der Waals surface area contributed by atoms with Crippen molar-refractivity contribution in [3.05, 3.63) is 0 Å². The first-order valence-corrected chi connectivity index (χ1v) is 4.88. The number of amides is 1. The van der Waals surface area contributed by atoms with Crippen molar-refractivity contribution < 1.29 is 4.79 Å². The van der Waals surface area contributed by atoms with E-state index in [1.54, 1.807) is 0 Å². The van der Waals surface area contributed by atoms with Gasteiger partial charge in [0.25, 0.3) is 0 Å². The van der Waals surface area contributed by atoms with Crippen LogP contribution in [-0.2, 0) is 4.79 Å². The summed E-state index contributed by atoms with van der Waals surface area (Å²) >= 11 is 0. The number of carbonyl (C=O) groups excluding carboxylic acids is 1. The maximum absolute atomic E-state index is 11.3. The summed E-state index contributed by atoms with van der Waals surface area (Å²) < 4.78 is 0. The van der Waals surface area contributed by atoms with E-state index in [9.17, 15) is 4.79 Å². The third-order valence-corrected chi connectivity index (χ3v) is 3.05. The molecule has 1 aliphatic carbocycles. The van der Waals surface area contributed by atoms with Crippen LogP contribution in [0.5, 0.6) is 0 Å². The lowest BCUT2D eigenvalue weighted by molar-refractivity contribution is -0.129. The molecule has 0 unspecified atom stereocenters. The Morgan fingerprint density at radius 2 is 2.00 bits per heavy atom. The van der Waals surface area contributed by atoms with Crippen LogP contribution in [-0.4, -0.2) is 5.91 Å². The molecule has 13 heavy (non-hydrogen) atoms. The fourth-order valence-electron chi connectivity index (χ4n) is 2.14. The Balaban J connectivity index is 2.62. The molecule has 0 atom stereocenters. The molecule has 1 aliphatic rings. The Hall–Kier alpha value is -1.04. The minimum atomic E-state index is -0.353. The second-order valence-corrected chi connectivity index (χ2v) is 3.86. The van der Waals surface area contributed by atoms with Crippen molar-refractivity contribution >= 4 is 5.91 Å². The number of carbonyl (C=O) groups is 1. The smallest absolute Gasteiger partial charge is 0.223 e. The van der Waals surface area contributed by atoms with Gasteiger partial charge in [0.2, 0.25) is 5.91 Å². The zero-order chi connectivity index (χ0) is 9.73. The molecule has 0 aliphatic heterocycles. The monoisotopic (exact) mass is 180 g/mol. The van der Waals surface area contributed by atoms with E-state index in [0.717, 1.165) is 25.7 Å². The van der Waals surface area contributed by atoms with Gasteiger partial charge in [0.15, 0.2) is 0 Å². The van der Waals surface area contributed by atoms with Crippen LogP contribution in [0.15, 0.2) is 0 Å². The quantitative estimate of drug-likeness (QED) is 0.718. The highest BCUT2D eigenvalue weighted by atomic mass is 16.1. The van der Waals surface area contributed by atoms with Crippen LogP contribution in [0.1, 0.15) is 44.9 Å². The van der Waals surface area contributed by atoms with Crippen molar-refractivity contribution in [2.45, 2.75) is 44.9 Å². The summed E-state index contributed by atoms with van der Waals surface area (Å²) in [6.45, 7) is 0. The van der Waals surface area contributed by atoms with Crippen molar-refractivity contribution in [2.24, 2.45) is 11.1 Å². The van der Waals surface area contributed by atoms with Gasteiger partial charge < -0.3 is 5.73 Å². The van der Waals surface area contributed by atoms with Gasteiger partial charge in [-0.25, -0.2) is 0 Å². The largest absolute Gasteiger partial charge is 0.369 e. The molecule has 72 valence electrons. The van der Waals surface area contributed by atoms with Crippen LogP contribution in [0.2, 0.25) is 0 Å². The summed E-state index contributed by atoms with van der Waals surface area (Å²) in [4.78, 5) is 11.3. The topological polar surface area (TPSA) is 66.9 Å². The fraction of sp³-hybridized carbons (Fsp3) is 0.800. The standard InChI is InChI=1S/C10H16N2O/c11-8-4-7-10(9(12)13)5-2-1-3-6-10/h1-7H2,(H2,12,13). The van der Waals surface area contributed by atoms with Gasteiger partial charge in [-0.3, -0.25) is 4.79 Å². The number of hydrogen-bond acceptors (Lipinski definition) is 2. The normalized spacial score (nSPS) is 20.5. The molecule has 0 radical (unpaired) electrons. The molecule has 3 nitrogen and oxygen atoms in total. The second kappa shape index (κ2) is 4.27. The van der Waals surface area contributed by atoms with E-state index in [1.165, 1.54) is 6.42 Å². The number of hydrogen-bond donors (Lipinski definition) is 1. The molecule has 1 amide bonds. The van der Waals surface area contributed by atoms with E-state index in [2.05, 4.69) is 6.07 Å². The number of nitriles is 1. The molecule has 0 heterocycles. The maximum Gasteiger partial charge on any atom is 0.223 e.